The minimum Gasteiger partial charge on any atom is -0.506 e. The van der Waals surface area contributed by atoms with E-state index in [4.69, 9.17) is 0 Å². The van der Waals surface area contributed by atoms with Gasteiger partial charge in [0.2, 0.25) is 0 Å². The summed E-state index contributed by atoms with van der Waals surface area (Å²) in [6.07, 6.45) is 0.668. The molecule has 0 saturated heterocycles. The summed E-state index contributed by atoms with van der Waals surface area (Å²) in [7, 11) is 0. The van der Waals surface area contributed by atoms with Crippen LogP contribution < -0.4 is 0 Å². The summed E-state index contributed by atoms with van der Waals surface area (Å²) in [6, 6.07) is 6.84. The van der Waals surface area contributed by atoms with Crippen LogP contribution in [0.4, 0.5) is 0 Å². The average Bonchev–Trinajstić information content (AvgIpc) is 2.23. The normalized spacial score (nSPS) is 10.4. The van der Waals surface area contributed by atoms with Crippen LogP contribution in [-0.4, -0.2) is 16.4 Å². The second kappa shape index (κ2) is 3.10. The van der Waals surface area contributed by atoms with Crippen molar-refractivity contribution in [2.45, 2.75) is 6.92 Å². The summed E-state index contributed by atoms with van der Waals surface area (Å²) in [5, 5.41) is 10.4. The van der Waals surface area contributed by atoms with Crippen molar-refractivity contribution in [3.05, 3.63) is 35.5 Å². The summed E-state index contributed by atoms with van der Waals surface area (Å²) >= 11 is 0. The van der Waals surface area contributed by atoms with Crippen molar-refractivity contribution in [3.8, 4) is 5.75 Å². The number of pyridine rings is 1. The Kier molecular flexibility index (Phi) is 1.93. The van der Waals surface area contributed by atoms with E-state index < -0.39 is 0 Å². The Labute approximate surface area is 81.0 Å². The van der Waals surface area contributed by atoms with E-state index in [1.807, 2.05) is 13.0 Å². The summed E-state index contributed by atoms with van der Waals surface area (Å²) in [6.45, 7) is 1.93. The number of hydrogen-bond acceptors (Lipinski definition) is 3. The Morgan fingerprint density at radius 2 is 2.07 bits per heavy atom. The minimum atomic E-state index is 0.106. The number of benzene rings is 1. The van der Waals surface area contributed by atoms with Gasteiger partial charge in [0.05, 0.1) is 0 Å². The van der Waals surface area contributed by atoms with Gasteiger partial charge in [-0.3, -0.25) is 4.79 Å². The molecule has 0 spiro atoms. The van der Waals surface area contributed by atoms with Crippen LogP contribution in [0.3, 0.4) is 0 Å². The predicted molar refractivity (Wildman–Crippen MR) is 53.5 cm³/mol. The Hall–Kier alpha value is -1.90. The van der Waals surface area contributed by atoms with E-state index in [1.54, 1.807) is 18.2 Å². The van der Waals surface area contributed by atoms with Crippen LogP contribution in [0, 0.1) is 6.92 Å². The third-order valence-electron chi connectivity index (χ3n) is 2.20. The van der Waals surface area contributed by atoms with E-state index in [0.29, 0.717) is 17.5 Å². The molecule has 0 saturated carbocycles. The van der Waals surface area contributed by atoms with Gasteiger partial charge in [0, 0.05) is 5.39 Å². The highest BCUT2D eigenvalue weighted by atomic mass is 16.3. The number of phenolic OH excluding ortho intramolecular Hbond substituents is 1. The molecule has 14 heavy (non-hydrogen) atoms. The molecule has 3 heteroatoms. The van der Waals surface area contributed by atoms with Crippen molar-refractivity contribution >= 4 is 17.2 Å². The van der Waals surface area contributed by atoms with E-state index in [-0.39, 0.29) is 5.75 Å². The fourth-order valence-corrected chi connectivity index (χ4v) is 1.43. The van der Waals surface area contributed by atoms with Gasteiger partial charge in [0.1, 0.15) is 17.0 Å². The average molecular weight is 187 g/mol. The fourth-order valence-electron chi connectivity index (χ4n) is 1.43. The SMILES string of the molecule is Cc1ccc(O)c2nc(C=O)ccc12. The zero-order chi connectivity index (χ0) is 10.1. The molecule has 0 aliphatic heterocycles. The molecule has 0 amide bonds. The van der Waals surface area contributed by atoms with E-state index in [9.17, 15) is 9.90 Å². The molecule has 0 unspecified atom stereocenters. The highest BCUT2D eigenvalue weighted by Crippen LogP contribution is 2.25. The van der Waals surface area contributed by atoms with Crippen LogP contribution >= 0.6 is 0 Å². The van der Waals surface area contributed by atoms with Gasteiger partial charge < -0.3 is 5.11 Å². The zero-order valence-electron chi connectivity index (χ0n) is 7.69. The van der Waals surface area contributed by atoms with Gasteiger partial charge in [0.15, 0.2) is 6.29 Å². The lowest BCUT2D eigenvalue weighted by Crippen LogP contribution is -1.89. The monoisotopic (exact) mass is 187 g/mol. The van der Waals surface area contributed by atoms with Gasteiger partial charge in [0.25, 0.3) is 0 Å². The molecule has 3 nitrogen and oxygen atoms in total. The largest absolute Gasteiger partial charge is 0.506 e. The number of nitrogens with zero attached hydrogens (tertiary/aromatic N) is 1. The number of aromatic nitrogens is 1. The van der Waals surface area contributed by atoms with Gasteiger partial charge in [-0.1, -0.05) is 12.1 Å². The Bertz CT molecular complexity index is 506. The number of aromatic hydroxyl groups is 1. The molecule has 1 aromatic carbocycles. The van der Waals surface area contributed by atoms with Crippen LogP contribution in [0.15, 0.2) is 24.3 Å². The lowest BCUT2D eigenvalue weighted by Gasteiger charge is -2.03. The van der Waals surface area contributed by atoms with Gasteiger partial charge in [-0.05, 0) is 24.6 Å². The molecule has 2 rings (SSSR count). The molecular weight excluding hydrogens is 178 g/mol. The quantitative estimate of drug-likeness (QED) is 0.695. The van der Waals surface area contributed by atoms with Crippen LogP contribution in [0.1, 0.15) is 16.1 Å². The molecule has 0 radical (unpaired) electrons. The molecule has 0 aliphatic carbocycles. The minimum absolute atomic E-state index is 0.106. The smallest absolute Gasteiger partial charge is 0.168 e. The molecule has 70 valence electrons. The number of rotatable bonds is 1. The first kappa shape index (κ1) is 8.69. The van der Waals surface area contributed by atoms with Crippen molar-refractivity contribution in [1.29, 1.82) is 0 Å². The Morgan fingerprint density at radius 3 is 2.79 bits per heavy atom. The van der Waals surface area contributed by atoms with E-state index >= 15 is 0 Å². The molecule has 0 aliphatic rings. The standard InChI is InChI=1S/C11H9NO2/c1-7-2-5-10(14)11-9(7)4-3-8(6-13)12-11/h2-6,14H,1H3. The van der Waals surface area contributed by atoms with Crippen molar-refractivity contribution in [2.24, 2.45) is 0 Å². The lowest BCUT2D eigenvalue weighted by atomic mass is 10.1. The summed E-state index contributed by atoms with van der Waals surface area (Å²) in [5.41, 5.74) is 1.84. The third kappa shape index (κ3) is 1.23. The van der Waals surface area contributed by atoms with Crippen LogP contribution in [-0.2, 0) is 0 Å². The first-order chi connectivity index (χ1) is 6.72. The molecule has 0 atom stereocenters. The maximum atomic E-state index is 10.5. The molecule has 2 aromatic rings. The molecule has 0 fully saturated rings. The first-order valence-electron chi connectivity index (χ1n) is 4.27. The van der Waals surface area contributed by atoms with E-state index in [2.05, 4.69) is 4.98 Å². The number of fused-ring (bicyclic) bond motifs is 1. The molecule has 1 aromatic heterocycles. The van der Waals surface area contributed by atoms with Crippen molar-refractivity contribution in [2.75, 3.05) is 0 Å². The number of aryl methyl sites for hydroxylation is 1. The molecule has 1 N–H and O–H groups in total. The Balaban J connectivity index is 2.86. The number of carbonyl (C=O) groups is 1. The van der Waals surface area contributed by atoms with E-state index in [1.165, 1.54) is 0 Å². The fraction of sp³-hybridized carbons (Fsp3) is 0.0909. The second-order valence-corrected chi connectivity index (χ2v) is 3.15. The van der Waals surface area contributed by atoms with Crippen LogP contribution in [0.5, 0.6) is 5.75 Å². The molecule has 1 heterocycles. The zero-order valence-corrected chi connectivity index (χ0v) is 7.69. The maximum absolute atomic E-state index is 10.5. The van der Waals surface area contributed by atoms with Crippen LogP contribution in [0.2, 0.25) is 0 Å². The van der Waals surface area contributed by atoms with Gasteiger partial charge in [-0.2, -0.15) is 0 Å². The second-order valence-electron chi connectivity index (χ2n) is 3.15. The van der Waals surface area contributed by atoms with E-state index in [0.717, 1.165) is 10.9 Å². The number of aldehydes is 1. The van der Waals surface area contributed by atoms with Crippen molar-refractivity contribution in [3.63, 3.8) is 0 Å². The summed E-state index contributed by atoms with van der Waals surface area (Å²) in [5.74, 6) is 0.106. The molecular formula is C11H9NO2. The van der Waals surface area contributed by atoms with Crippen molar-refractivity contribution in [1.82, 2.24) is 4.98 Å². The lowest BCUT2D eigenvalue weighted by molar-refractivity contribution is 0.111. The summed E-state index contributed by atoms with van der Waals surface area (Å²) < 4.78 is 0. The topological polar surface area (TPSA) is 50.2 Å². The highest BCUT2D eigenvalue weighted by Gasteiger charge is 2.04. The predicted octanol–water partition coefficient (Wildman–Crippen LogP) is 2.06. The highest BCUT2D eigenvalue weighted by molar-refractivity contribution is 5.89. The third-order valence-corrected chi connectivity index (χ3v) is 2.20. The van der Waals surface area contributed by atoms with Crippen molar-refractivity contribution < 1.29 is 9.90 Å². The van der Waals surface area contributed by atoms with Gasteiger partial charge in [-0.15, -0.1) is 0 Å². The van der Waals surface area contributed by atoms with Gasteiger partial charge in [-0.25, -0.2) is 4.98 Å². The summed E-state index contributed by atoms with van der Waals surface area (Å²) in [4.78, 5) is 14.5. The maximum Gasteiger partial charge on any atom is 0.168 e. The first-order valence-corrected chi connectivity index (χ1v) is 4.27. The van der Waals surface area contributed by atoms with Gasteiger partial charge >= 0.3 is 0 Å². The number of hydrogen-bond donors (Lipinski definition) is 1. The number of carbonyl (C=O) groups excluding carboxylic acids is 1. The number of phenols is 1. The van der Waals surface area contributed by atoms with Crippen LogP contribution in [0.25, 0.3) is 10.9 Å². The molecule has 0 bridgehead atoms. The Morgan fingerprint density at radius 1 is 1.29 bits per heavy atom.